The van der Waals surface area contributed by atoms with Crippen molar-refractivity contribution in [3.05, 3.63) is 24.3 Å². The first-order chi connectivity index (χ1) is 8.34. The van der Waals surface area contributed by atoms with E-state index in [2.05, 4.69) is 19.2 Å². The highest BCUT2D eigenvalue weighted by Crippen LogP contribution is 2.18. The van der Waals surface area contributed by atoms with Gasteiger partial charge in [-0.15, -0.1) is 0 Å². The Bertz CT molecular complexity index is 466. The van der Waals surface area contributed by atoms with Crippen LogP contribution in [0.2, 0.25) is 0 Å². The molecule has 5 heteroatoms. The minimum atomic E-state index is -3.14. The van der Waals surface area contributed by atoms with E-state index < -0.39 is 9.84 Å². The Hall–Kier alpha value is -1.07. The molecule has 0 aliphatic heterocycles. The third-order valence-corrected chi connectivity index (χ3v) is 3.82. The van der Waals surface area contributed by atoms with Crippen LogP contribution in [-0.2, 0) is 9.84 Å². The van der Waals surface area contributed by atoms with Crippen LogP contribution in [0.5, 0.6) is 5.75 Å². The van der Waals surface area contributed by atoms with E-state index in [0.717, 1.165) is 6.54 Å². The predicted octanol–water partition coefficient (Wildman–Crippen LogP) is 1.71. The number of hydrogen-bond acceptors (Lipinski definition) is 4. The molecule has 1 N–H and O–H groups in total. The van der Waals surface area contributed by atoms with Gasteiger partial charge in [0.1, 0.15) is 11.9 Å². The quantitative estimate of drug-likeness (QED) is 0.856. The van der Waals surface area contributed by atoms with Crippen molar-refractivity contribution in [2.45, 2.75) is 24.8 Å². The van der Waals surface area contributed by atoms with Gasteiger partial charge in [0.15, 0.2) is 9.84 Å². The van der Waals surface area contributed by atoms with Crippen molar-refractivity contribution in [1.82, 2.24) is 5.32 Å². The fraction of sp³-hybridized carbons (Fsp3) is 0.538. The minimum absolute atomic E-state index is 0.0686. The first-order valence-corrected chi connectivity index (χ1v) is 7.85. The topological polar surface area (TPSA) is 55.4 Å². The minimum Gasteiger partial charge on any atom is -0.489 e. The largest absolute Gasteiger partial charge is 0.489 e. The molecule has 0 aromatic heterocycles. The van der Waals surface area contributed by atoms with Crippen LogP contribution in [0, 0.1) is 5.92 Å². The second kappa shape index (κ2) is 6.20. The molecule has 0 aliphatic rings. The van der Waals surface area contributed by atoms with Gasteiger partial charge in [-0.2, -0.15) is 0 Å². The highest BCUT2D eigenvalue weighted by molar-refractivity contribution is 7.90. The van der Waals surface area contributed by atoms with Gasteiger partial charge in [-0.25, -0.2) is 8.42 Å². The van der Waals surface area contributed by atoms with Crippen LogP contribution in [0.25, 0.3) is 0 Å². The molecule has 0 saturated carbocycles. The zero-order valence-electron chi connectivity index (χ0n) is 11.3. The summed E-state index contributed by atoms with van der Waals surface area (Å²) in [5, 5.41) is 3.08. The number of hydrogen-bond donors (Lipinski definition) is 1. The monoisotopic (exact) mass is 271 g/mol. The summed E-state index contributed by atoms with van der Waals surface area (Å²) in [6.45, 7) is 4.94. The van der Waals surface area contributed by atoms with Gasteiger partial charge in [-0.1, -0.05) is 13.8 Å². The fourth-order valence-electron chi connectivity index (χ4n) is 1.55. The van der Waals surface area contributed by atoms with Crippen LogP contribution in [0.4, 0.5) is 0 Å². The number of ether oxygens (including phenoxy) is 1. The molecule has 0 spiro atoms. The molecule has 0 heterocycles. The maximum Gasteiger partial charge on any atom is 0.175 e. The van der Waals surface area contributed by atoms with Crippen LogP contribution in [0.3, 0.4) is 0 Å². The molecule has 0 amide bonds. The second-order valence-electron chi connectivity index (χ2n) is 4.70. The summed E-state index contributed by atoms with van der Waals surface area (Å²) in [5.74, 6) is 1.07. The average molecular weight is 271 g/mol. The lowest BCUT2D eigenvalue weighted by atomic mass is 10.1. The second-order valence-corrected chi connectivity index (χ2v) is 6.72. The van der Waals surface area contributed by atoms with Gasteiger partial charge < -0.3 is 10.1 Å². The molecule has 1 aromatic carbocycles. The zero-order chi connectivity index (χ0) is 13.8. The standard InChI is InChI=1S/C13H21NO3S/c1-10(2)13(9-14-3)17-11-5-7-12(8-6-11)18(4,15)16/h5-8,10,13-14H,9H2,1-4H3. The maximum absolute atomic E-state index is 11.3. The Morgan fingerprint density at radius 3 is 2.17 bits per heavy atom. The van der Waals surface area contributed by atoms with Gasteiger partial charge >= 0.3 is 0 Å². The Morgan fingerprint density at radius 2 is 1.78 bits per heavy atom. The summed E-state index contributed by atoms with van der Waals surface area (Å²) in [4.78, 5) is 0.310. The van der Waals surface area contributed by atoms with Crippen molar-refractivity contribution >= 4 is 9.84 Å². The van der Waals surface area contributed by atoms with Crippen molar-refractivity contribution in [2.24, 2.45) is 5.92 Å². The van der Waals surface area contributed by atoms with Crippen molar-refractivity contribution in [3.63, 3.8) is 0 Å². The molecule has 0 bridgehead atoms. The smallest absolute Gasteiger partial charge is 0.175 e. The lowest BCUT2D eigenvalue weighted by Crippen LogP contribution is -2.33. The van der Waals surface area contributed by atoms with E-state index in [1.807, 2.05) is 7.05 Å². The molecule has 1 rings (SSSR count). The van der Waals surface area contributed by atoms with Crippen molar-refractivity contribution < 1.29 is 13.2 Å². The number of rotatable bonds is 6. The normalized spacial score (nSPS) is 13.6. The Labute approximate surface area is 109 Å². The molecule has 0 radical (unpaired) electrons. The lowest BCUT2D eigenvalue weighted by Gasteiger charge is -2.22. The molecular formula is C13H21NO3S. The van der Waals surface area contributed by atoms with Gasteiger partial charge in [0.25, 0.3) is 0 Å². The van der Waals surface area contributed by atoms with E-state index in [9.17, 15) is 8.42 Å². The van der Waals surface area contributed by atoms with Crippen LogP contribution in [0.15, 0.2) is 29.2 Å². The molecule has 0 aliphatic carbocycles. The highest BCUT2D eigenvalue weighted by Gasteiger charge is 2.14. The van der Waals surface area contributed by atoms with Crippen LogP contribution in [0.1, 0.15) is 13.8 Å². The van der Waals surface area contributed by atoms with E-state index in [1.54, 1.807) is 24.3 Å². The molecule has 0 saturated heterocycles. The summed E-state index contributed by atoms with van der Waals surface area (Å²) in [5.41, 5.74) is 0. The maximum atomic E-state index is 11.3. The number of likely N-dealkylation sites (N-methyl/N-ethyl adjacent to an activating group) is 1. The molecule has 4 nitrogen and oxygen atoms in total. The first kappa shape index (κ1) is 15.0. The first-order valence-electron chi connectivity index (χ1n) is 5.96. The van der Waals surface area contributed by atoms with Gasteiger partial charge in [0.2, 0.25) is 0 Å². The van der Waals surface area contributed by atoms with Gasteiger partial charge in [0, 0.05) is 12.8 Å². The molecule has 1 atom stereocenters. The molecule has 18 heavy (non-hydrogen) atoms. The fourth-order valence-corrected chi connectivity index (χ4v) is 2.19. The highest BCUT2D eigenvalue weighted by atomic mass is 32.2. The molecule has 1 aromatic rings. The molecule has 1 unspecified atom stereocenters. The van der Waals surface area contributed by atoms with E-state index in [0.29, 0.717) is 16.6 Å². The van der Waals surface area contributed by atoms with Crippen molar-refractivity contribution in [2.75, 3.05) is 19.8 Å². The molecular weight excluding hydrogens is 250 g/mol. The van der Waals surface area contributed by atoms with Gasteiger partial charge in [-0.3, -0.25) is 0 Å². The Morgan fingerprint density at radius 1 is 1.22 bits per heavy atom. The van der Waals surface area contributed by atoms with Crippen molar-refractivity contribution in [1.29, 1.82) is 0 Å². The van der Waals surface area contributed by atoms with Gasteiger partial charge in [-0.05, 0) is 37.2 Å². The third-order valence-electron chi connectivity index (χ3n) is 2.69. The van der Waals surface area contributed by atoms with Crippen LogP contribution >= 0.6 is 0 Å². The van der Waals surface area contributed by atoms with E-state index >= 15 is 0 Å². The summed E-state index contributed by atoms with van der Waals surface area (Å²) in [6.07, 6.45) is 1.26. The summed E-state index contributed by atoms with van der Waals surface area (Å²) in [7, 11) is -1.26. The van der Waals surface area contributed by atoms with E-state index in [1.165, 1.54) is 6.26 Å². The van der Waals surface area contributed by atoms with Crippen molar-refractivity contribution in [3.8, 4) is 5.75 Å². The Kier molecular flexibility index (Phi) is 5.16. The molecule has 0 fully saturated rings. The van der Waals surface area contributed by atoms with E-state index in [4.69, 9.17) is 4.74 Å². The van der Waals surface area contributed by atoms with Gasteiger partial charge in [0.05, 0.1) is 4.90 Å². The molecule has 102 valence electrons. The summed E-state index contributed by atoms with van der Waals surface area (Å²) >= 11 is 0. The zero-order valence-corrected chi connectivity index (χ0v) is 12.1. The Balaban J connectivity index is 2.79. The lowest BCUT2D eigenvalue weighted by molar-refractivity contribution is 0.151. The summed E-state index contributed by atoms with van der Waals surface area (Å²) in [6, 6.07) is 6.53. The number of nitrogens with one attached hydrogen (secondary N) is 1. The third kappa shape index (κ3) is 4.31. The SMILES string of the molecule is CNCC(Oc1ccc(S(C)(=O)=O)cc1)C(C)C. The number of sulfone groups is 1. The average Bonchev–Trinajstić information content (AvgIpc) is 2.28. The number of benzene rings is 1. The van der Waals surface area contributed by atoms with Crippen LogP contribution < -0.4 is 10.1 Å². The predicted molar refractivity (Wildman–Crippen MR) is 72.7 cm³/mol. The van der Waals surface area contributed by atoms with E-state index in [-0.39, 0.29) is 6.10 Å². The summed E-state index contributed by atoms with van der Waals surface area (Å²) < 4.78 is 28.5. The van der Waals surface area contributed by atoms with Crippen LogP contribution in [-0.4, -0.2) is 34.4 Å².